The lowest BCUT2D eigenvalue weighted by Crippen LogP contribution is -2.27. The summed E-state index contributed by atoms with van der Waals surface area (Å²) in [6.07, 6.45) is 6.08. The molecule has 1 unspecified atom stereocenters. The van der Waals surface area contributed by atoms with Crippen molar-refractivity contribution in [3.63, 3.8) is 0 Å². The minimum atomic E-state index is 0.0282. The molecule has 1 aromatic carbocycles. The van der Waals surface area contributed by atoms with Crippen LogP contribution >= 0.6 is 0 Å². The molecule has 3 rings (SSSR count). The molecule has 1 fully saturated rings. The highest BCUT2D eigenvalue weighted by molar-refractivity contribution is 5.91. The minimum Gasteiger partial charge on any atom is -0.457 e. The van der Waals surface area contributed by atoms with Crippen molar-refractivity contribution < 1.29 is 9.53 Å². The van der Waals surface area contributed by atoms with E-state index in [2.05, 4.69) is 15.6 Å². The van der Waals surface area contributed by atoms with E-state index in [1.165, 1.54) is 0 Å². The van der Waals surface area contributed by atoms with Crippen molar-refractivity contribution in [2.45, 2.75) is 25.3 Å². The number of pyridine rings is 1. The Kier molecular flexibility index (Phi) is 4.65. The van der Waals surface area contributed by atoms with Crippen molar-refractivity contribution in [2.75, 3.05) is 11.9 Å². The summed E-state index contributed by atoms with van der Waals surface area (Å²) in [7, 11) is 0. The van der Waals surface area contributed by atoms with Gasteiger partial charge in [-0.25, -0.2) is 0 Å². The third-order valence-electron chi connectivity index (χ3n) is 3.60. The fourth-order valence-electron chi connectivity index (χ4n) is 2.55. The SMILES string of the molecule is O=C(CC1CCCN1)Nc1cccc(Oc2ccncc2)c1. The molecule has 1 aromatic heterocycles. The van der Waals surface area contributed by atoms with Crippen molar-refractivity contribution >= 4 is 11.6 Å². The smallest absolute Gasteiger partial charge is 0.225 e. The fraction of sp³-hybridized carbons (Fsp3) is 0.294. The zero-order valence-corrected chi connectivity index (χ0v) is 12.3. The quantitative estimate of drug-likeness (QED) is 0.890. The van der Waals surface area contributed by atoms with E-state index < -0.39 is 0 Å². The second-order valence-electron chi connectivity index (χ2n) is 5.36. The van der Waals surface area contributed by atoms with Gasteiger partial charge in [-0.15, -0.1) is 0 Å². The van der Waals surface area contributed by atoms with Gasteiger partial charge in [0.25, 0.3) is 0 Å². The average molecular weight is 297 g/mol. The number of nitrogens with one attached hydrogen (secondary N) is 2. The van der Waals surface area contributed by atoms with Crippen LogP contribution in [0.1, 0.15) is 19.3 Å². The van der Waals surface area contributed by atoms with Gasteiger partial charge in [-0.05, 0) is 43.7 Å². The number of carbonyl (C=O) groups excluding carboxylic acids is 1. The van der Waals surface area contributed by atoms with Crippen molar-refractivity contribution in [3.8, 4) is 11.5 Å². The Bertz CT molecular complexity index is 625. The Morgan fingerprint density at radius 1 is 1.27 bits per heavy atom. The molecule has 0 bridgehead atoms. The van der Waals surface area contributed by atoms with Gasteiger partial charge in [0.15, 0.2) is 0 Å². The van der Waals surface area contributed by atoms with E-state index in [4.69, 9.17) is 4.74 Å². The summed E-state index contributed by atoms with van der Waals surface area (Å²) in [5.41, 5.74) is 0.745. The molecule has 1 aliphatic heterocycles. The molecule has 5 nitrogen and oxygen atoms in total. The van der Waals surface area contributed by atoms with Gasteiger partial charge < -0.3 is 15.4 Å². The van der Waals surface area contributed by atoms with Crippen molar-refractivity contribution in [1.29, 1.82) is 0 Å². The number of benzene rings is 1. The molecule has 5 heteroatoms. The first-order valence-electron chi connectivity index (χ1n) is 7.51. The highest BCUT2D eigenvalue weighted by Crippen LogP contribution is 2.23. The van der Waals surface area contributed by atoms with E-state index >= 15 is 0 Å². The molecule has 0 aliphatic carbocycles. The van der Waals surface area contributed by atoms with E-state index in [0.29, 0.717) is 24.0 Å². The molecular weight excluding hydrogens is 278 g/mol. The van der Waals surface area contributed by atoms with Crippen LogP contribution in [0.2, 0.25) is 0 Å². The molecule has 1 amide bonds. The molecular formula is C17H19N3O2. The van der Waals surface area contributed by atoms with Gasteiger partial charge in [0, 0.05) is 36.6 Å². The Hall–Kier alpha value is -2.40. The Morgan fingerprint density at radius 2 is 2.14 bits per heavy atom. The second-order valence-corrected chi connectivity index (χ2v) is 5.36. The molecule has 2 heterocycles. The van der Waals surface area contributed by atoms with Crippen LogP contribution in [0.25, 0.3) is 0 Å². The molecule has 1 aliphatic rings. The van der Waals surface area contributed by atoms with Gasteiger partial charge in [-0.1, -0.05) is 6.07 Å². The van der Waals surface area contributed by atoms with E-state index in [1.54, 1.807) is 24.5 Å². The van der Waals surface area contributed by atoms with Crippen LogP contribution in [0, 0.1) is 0 Å². The van der Waals surface area contributed by atoms with Crippen LogP contribution in [0.5, 0.6) is 11.5 Å². The predicted octanol–water partition coefficient (Wildman–Crippen LogP) is 2.95. The first-order valence-corrected chi connectivity index (χ1v) is 7.51. The molecule has 1 saturated heterocycles. The van der Waals surface area contributed by atoms with E-state index in [9.17, 15) is 4.79 Å². The number of hydrogen-bond donors (Lipinski definition) is 2. The lowest BCUT2D eigenvalue weighted by molar-refractivity contribution is -0.116. The minimum absolute atomic E-state index is 0.0282. The number of anilines is 1. The number of rotatable bonds is 5. The van der Waals surface area contributed by atoms with Crippen LogP contribution in [0.3, 0.4) is 0 Å². The third-order valence-corrected chi connectivity index (χ3v) is 3.60. The highest BCUT2D eigenvalue weighted by Gasteiger charge is 2.17. The number of nitrogens with zero attached hydrogens (tertiary/aromatic N) is 1. The summed E-state index contributed by atoms with van der Waals surface area (Å²) in [5.74, 6) is 1.43. The van der Waals surface area contributed by atoms with Crippen molar-refractivity contribution in [1.82, 2.24) is 10.3 Å². The maximum Gasteiger partial charge on any atom is 0.225 e. The van der Waals surface area contributed by atoms with Gasteiger partial charge >= 0.3 is 0 Å². The number of amides is 1. The summed E-state index contributed by atoms with van der Waals surface area (Å²) >= 11 is 0. The lowest BCUT2D eigenvalue weighted by Gasteiger charge is -2.11. The monoisotopic (exact) mass is 297 g/mol. The third kappa shape index (κ3) is 4.05. The van der Waals surface area contributed by atoms with E-state index in [-0.39, 0.29) is 5.91 Å². The molecule has 1 atom stereocenters. The Balaban J connectivity index is 1.59. The molecule has 0 radical (unpaired) electrons. The summed E-state index contributed by atoms with van der Waals surface area (Å²) in [4.78, 5) is 16.0. The van der Waals surface area contributed by atoms with Crippen LogP contribution < -0.4 is 15.4 Å². The average Bonchev–Trinajstić information content (AvgIpc) is 3.01. The Labute approximate surface area is 129 Å². The van der Waals surface area contributed by atoms with Gasteiger partial charge in [0.1, 0.15) is 11.5 Å². The first kappa shape index (κ1) is 14.5. The highest BCUT2D eigenvalue weighted by atomic mass is 16.5. The van der Waals surface area contributed by atoms with Gasteiger partial charge in [0.05, 0.1) is 0 Å². The number of ether oxygens (including phenoxy) is 1. The van der Waals surface area contributed by atoms with Gasteiger partial charge in [-0.3, -0.25) is 9.78 Å². The largest absolute Gasteiger partial charge is 0.457 e. The van der Waals surface area contributed by atoms with Crippen molar-refractivity contribution in [2.24, 2.45) is 0 Å². The Morgan fingerprint density at radius 3 is 2.91 bits per heavy atom. The molecule has 0 spiro atoms. The van der Waals surface area contributed by atoms with Crippen LogP contribution in [-0.4, -0.2) is 23.5 Å². The molecule has 114 valence electrons. The standard InChI is InChI=1S/C17H19N3O2/c21-17(12-13-4-2-8-19-13)20-14-3-1-5-16(11-14)22-15-6-9-18-10-7-15/h1,3,5-7,9-11,13,19H,2,4,8,12H2,(H,20,21). The predicted molar refractivity (Wildman–Crippen MR) is 85.0 cm³/mol. The maximum absolute atomic E-state index is 12.0. The van der Waals surface area contributed by atoms with Crippen molar-refractivity contribution in [3.05, 3.63) is 48.8 Å². The van der Waals surface area contributed by atoms with E-state index in [0.717, 1.165) is 25.1 Å². The summed E-state index contributed by atoms with van der Waals surface area (Å²) in [5, 5.41) is 6.25. The zero-order valence-electron chi connectivity index (χ0n) is 12.3. The van der Waals surface area contributed by atoms with Gasteiger partial charge in [-0.2, -0.15) is 0 Å². The lowest BCUT2D eigenvalue weighted by atomic mass is 10.1. The summed E-state index contributed by atoms with van der Waals surface area (Å²) in [6, 6.07) is 11.3. The van der Waals surface area contributed by atoms with E-state index in [1.807, 2.05) is 24.3 Å². The molecule has 2 N–H and O–H groups in total. The number of hydrogen-bond acceptors (Lipinski definition) is 4. The topological polar surface area (TPSA) is 63.2 Å². The van der Waals surface area contributed by atoms with Crippen LogP contribution in [0.15, 0.2) is 48.8 Å². The first-order chi connectivity index (χ1) is 10.8. The molecule has 22 heavy (non-hydrogen) atoms. The van der Waals surface area contributed by atoms with Gasteiger partial charge in [0.2, 0.25) is 5.91 Å². The van der Waals surface area contributed by atoms with Crippen LogP contribution in [-0.2, 0) is 4.79 Å². The van der Waals surface area contributed by atoms with Crippen LogP contribution in [0.4, 0.5) is 5.69 Å². The number of aromatic nitrogens is 1. The molecule has 0 saturated carbocycles. The zero-order chi connectivity index (χ0) is 15.2. The summed E-state index contributed by atoms with van der Waals surface area (Å²) in [6.45, 7) is 1.01. The fourth-order valence-corrected chi connectivity index (χ4v) is 2.55. The maximum atomic E-state index is 12.0. The second kappa shape index (κ2) is 7.04. The number of carbonyl (C=O) groups is 1. The normalized spacial score (nSPS) is 17.2. The summed E-state index contributed by atoms with van der Waals surface area (Å²) < 4.78 is 5.73. The molecule has 2 aromatic rings.